The van der Waals surface area contributed by atoms with Crippen molar-refractivity contribution in [2.75, 3.05) is 13.1 Å². The molecule has 24 heavy (non-hydrogen) atoms. The van der Waals surface area contributed by atoms with E-state index >= 15 is 0 Å². The van der Waals surface area contributed by atoms with E-state index in [2.05, 4.69) is 5.32 Å². The highest BCUT2D eigenvalue weighted by Gasteiger charge is 2.45. The van der Waals surface area contributed by atoms with Gasteiger partial charge in [-0.25, -0.2) is 0 Å². The number of hydrogen-bond donors (Lipinski definition) is 2. The van der Waals surface area contributed by atoms with E-state index in [0.717, 1.165) is 6.42 Å². The molecule has 130 valence electrons. The summed E-state index contributed by atoms with van der Waals surface area (Å²) in [5.41, 5.74) is -0.326. The summed E-state index contributed by atoms with van der Waals surface area (Å²) < 4.78 is 0. The fraction of sp³-hybridized carbons (Fsp3) is 0.500. The molecule has 1 aromatic rings. The highest BCUT2D eigenvalue weighted by Crippen LogP contribution is 2.30. The molecule has 1 heterocycles. The van der Waals surface area contributed by atoms with Crippen molar-refractivity contribution in [3.8, 4) is 0 Å². The maximum atomic E-state index is 12.7. The number of hydrogen-bond acceptors (Lipinski definition) is 3. The van der Waals surface area contributed by atoms with Crippen LogP contribution in [0.3, 0.4) is 0 Å². The minimum absolute atomic E-state index is 0.00363. The number of likely N-dealkylation sites (tertiary alicyclic amines) is 1. The highest BCUT2D eigenvalue weighted by molar-refractivity contribution is 5.99. The van der Waals surface area contributed by atoms with Crippen LogP contribution < -0.4 is 5.32 Å². The Morgan fingerprint density at radius 3 is 2.58 bits per heavy atom. The highest BCUT2D eigenvalue weighted by atomic mass is 16.4. The molecule has 0 aliphatic carbocycles. The van der Waals surface area contributed by atoms with E-state index in [0.29, 0.717) is 18.5 Å². The van der Waals surface area contributed by atoms with Gasteiger partial charge in [0, 0.05) is 25.1 Å². The Labute approximate surface area is 141 Å². The summed E-state index contributed by atoms with van der Waals surface area (Å²) in [6, 6.07) is 8.93. The lowest BCUT2D eigenvalue weighted by molar-refractivity contribution is -0.138. The zero-order valence-electron chi connectivity index (χ0n) is 14.1. The topological polar surface area (TPSA) is 86.7 Å². The lowest BCUT2D eigenvalue weighted by atomic mass is 9.96. The number of benzene rings is 1. The maximum Gasteiger partial charge on any atom is 0.303 e. The van der Waals surface area contributed by atoms with Gasteiger partial charge in [-0.1, -0.05) is 25.1 Å². The van der Waals surface area contributed by atoms with Crippen molar-refractivity contribution < 1.29 is 19.5 Å². The smallest absolute Gasteiger partial charge is 0.303 e. The van der Waals surface area contributed by atoms with Gasteiger partial charge in [0.25, 0.3) is 5.91 Å². The van der Waals surface area contributed by atoms with E-state index in [4.69, 9.17) is 5.11 Å². The largest absolute Gasteiger partial charge is 0.481 e. The zero-order chi connectivity index (χ0) is 17.7. The summed E-state index contributed by atoms with van der Waals surface area (Å²) in [6.07, 6.45) is 1.38. The molecule has 0 unspecified atom stereocenters. The Morgan fingerprint density at radius 1 is 1.29 bits per heavy atom. The first-order valence-corrected chi connectivity index (χ1v) is 8.21. The fourth-order valence-corrected chi connectivity index (χ4v) is 3.09. The van der Waals surface area contributed by atoms with Gasteiger partial charge >= 0.3 is 5.97 Å². The number of nitrogens with one attached hydrogen (secondary N) is 1. The van der Waals surface area contributed by atoms with Crippen LogP contribution in [0.2, 0.25) is 0 Å². The molecule has 0 radical (unpaired) electrons. The standard InChI is InChI=1S/C18H24N2O4/c1-13(11-15(21)22)12-19-17(24)18(2)9-6-10-20(18)16(23)14-7-4-3-5-8-14/h3-5,7-8,13H,6,9-12H2,1-2H3,(H,19,24)(H,21,22)/t13-,18+/m0/s1. The van der Waals surface area contributed by atoms with E-state index < -0.39 is 11.5 Å². The van der Waals surface area contributed by atoms with Crippen molar-refractivity contribution in [3.63, 3.8) is 0 Å². The van der Waals surface area contributed by atoms with Gasteiger partial charge in [0.1, 0.15) is 5.54 Å². The molecule has 0 aromatic heterocycles. The second-order valence-electron chi connectivity index (χ2n) is 6.61. The van der Waals surface area contributed by atoms with Crippen molar-refractivity contribution in [1.29, 1.82) is 0 Å². The SMILES string of the molecule is C[C@H](CNC(=O)[C@@]1(C)CCCN1C(=O)c1ccccc1)CC(=O)O. The van der Waals surface area contributed by atoms with Crippen molar-refractivity contribution >= 4 is 17.8 Å². The number of rotatable bonds is 6. The molecular formula is C18H24N2O4. The van der Waals surface area contributed by atoms with Crippen LogP contribution in [0.25, 0.3) is 0 Å². The van der Waals surface area contributed by atoms with Crippen LogP contribution in [0.4, 0.5) is 0 Å². The third-order valence-corrected chi connectivity index (χ3v) is 4.53. The zero-order valence-corrected chi connectivity index (χ0v) is 14.1. The Balaban J connectivity index is 2.05. The molecule has 1 aliphatic heterocycles. The van der Waals surface area contributed by atoms with Crippen LogP contribution in [0.15, 0.2) is 30.3 Å². The van der Waals surface area contributed by atoms with Gasteiger partial charge in [-0.15, -0.1) is 0 Å². The van der Waals surface area contributed by atoms with Gasteiger partial charge in [-0.2, -0.15) is 0 Å². The Hall–Kier alpha value is -2.37. The third kappa shape index (κ3) is 3.93. The van der Waals surface area contributed by atoms with Crippen LogP contribution in [-0.4, -0.2) is 46.4 Å². The van der Waals surface area contributed by atoms with Crippen LogP contribution in [0, 0.1) is 5.92 Å². The summed E-state index contributed by atoms with van der Waals surface area (Å²) in [5, 5.41) is 11.6. The van der Waals surface area contributed by atoms with E-state index in [1.807, 2.05) is 6.07 Å². The lowest BCUT2D eigenvalue weighted by Gasteiger charge is -2.34. The van der Waals surface area contributed by atoms with Crippen molar-refractivity contribution in [1.82, 2.24) is 10.2 Å². The van der Waals surface area contributed by atoms with Crippen molar-refractivity contribution in [2.45, 2.75) is 38.6 Å². The third-order valence-electron chi connectivity index (χ3n) is 4.53. The summed E-state index contributed by atoms with van der Waals surface area (Å²) in [7, 11) is 0. The number of carbonyl (C=O) groups excluding carboxylic acids is 2. The van der Waals surface area contributed by atoms with Crippen molar-refractivity contribution in [3.05, 3.63) is 35.9 Å². The normalized spacial score (nSPS) is 21.3. The van der Waals surface area contributed by atoms with Gasteiger partial charge in [0.05, 0.1) is 0 Å². The molecule has 1 fully saturated rings. The van der Waals surface area contributed by atoms with Crippen LogP contribution in [0.5, 0.6) is 0 Å². The molecule has 0 spiro atoms. The van der Waals surface area contributed by atoms with Gasteiger partial charge in [-0.3, -0.25) is 14.4 Å². The van der Waals surface area contributed by atoms with E-state index in [1.54, 1.807) is 43.0 Å². The molecule has 2 rings (SSSR count). The Morgan fingerprint density at radius 2 is 1.96 bits per heavy atom. The van der Waals surface area contributed by atoms with Gasteiger partial charge < -0.3 is 15.3 Å². The van der Waals surface area contributed by atoms with Crippen LogP contribution in [-0.2, 0) is 9.59 Å². The predicted molar refractivity (Wildman–Crippen MR) is 89.5 cm³/mol. The minimum Gasteiger partial charge on any atom is -0.481 e. The molecule has 1 aliphatic rings. The number of aliphatic carboxylic acids is 1. The first-order valence-electron chi connectivity index (χ1n) is 8.21. The quantitative estimate of drug-likeness (QED) is 0.833. The average molecular weight is 332 g/mol. The summed E-state index contributed by atoms with van der Waals surface area (Å²) in [5.74, 6) is -1.41. The summed E-state index contributed by atoms with van der Waals surface area (Å²) >= 11 is 0. The molecule has 2 amide bonds. The molecule has 1 saturated heterocycles. The molecule has 6 heteroatoms. The molecule has 1 aromatic carbocycles. The Bertz CT molecular complexity index is 617. The number of carbonyl (C=O) groups is 3. The first kappa shape index (κ1) is 18.0. The summed E-state index contributed by atoms with van der Waals surface area (Å²) in [4.78, 5) is 37.7. The molecule has 2 atom stereocenters. The molecule has 6 nitrogen and oxygen atoms in total. The molecule has 0 bridgehead atoms. The predicted octanol–water partition coefficient (Wildman–Crippen LogP) is 1.91. The van der Waals surface area contributed by atoms with Crippen LogP contribution >= 0.6 is 0 Å². The Kier molecular flexibility index (Phi) is 5.59. The number of amides is 2. The maximum absolute atomic E-state index is 12.7. The first-order chi connectivity index (χ1) is 11.3. The van der Waals surface area contributed by atoms with E-state index in [9.17, 15) is 14.4 Å². The fourth-order valence-electron chi connectivity index (χ4n) is 3.09. The molecule has 0 saturated carbocycles. The number of nitrogens with zero attached hydrogens (tertiary/aromatic N) is 1. The van der Waals surface area contributed by atoms with Gasteiger partial charge in [-0.05, 0) is 37.8 Å². The van der Waals surface area contributed by atoms with E-state index in [1.165, 1.54) is 0 Å². The molecule has 2 N–H and O–H groups in total. The second-order valence-corrected chi connectivity index (χ2v) is 6.61. The monoisotopic (exact) mass is 332 g/mol. The van der Waals surface area contributed by atoms with Crippen molar-refractivity contribution in [2.24, 2.45) is 5.92 Å². The second kappa shape index (κ2) is 7.47. The van der Waals surface area contributed by atoms with E-state index in [-0.39, 0.29) is 30.7 Å². The van der Waals surface area contributed by atoms with Gasteiger partial charge in [0.15, 0.2) is 0 Å². The summed E-state index contributed by atoms with van der Waals surface area (Å²) in [6.45, 7) is 4.38. The van der Waals surface area contributed by atoms with Gasteiger partial charge in [0.2, 0.25) is 5.91 Å². The number of carboxylic acid groups (broad SMARTS) is 1. The number of carboxylic acids is 1. The lowest BCUT2D eigenvalue weighted by Crippen LogP contribution is -2.56. The minimum atomic E-state index is -0.893. The van der Waals surface area contributed by atoms with Crippen LogP contribution in [0.1, 0.15) is 43.5 Å². The average Bonchev–Trinajstić information content (AvgIpc) is 2.95. The molecular weight excluding hydrogens is 308 g/mol.